The minimum atomic E-state index is -1.34. The van der Waals surface area contributed by atoms with Crippen LogP contribution >= 0.6 is 0 Å². The van der Waals surface area contributed by atoms with Gasteiger partial charge in [-0.1, -0.05) is 20.7 Å². The van der Waals surface area contributed by atoms with Crippen molar-refractivity contribution in [1.82, 2.24) is 9.55 Å². The molecule has 3 aromatic rings. The number of nitrogens with zero attached hydrogens (tertiary/aromatic N) is 2. The lowest BCUT2D eigenvalue weighted by atomic mass is 9.83. The second-order valence-corrected chi connectivity index (χ2v) is 7.90. The number of carbonyl (C=O) groups excluding carboxylic acids is 1. The Hall–Kier alpha value is -3.13. The van der Waals surface area contributed by atoms with Gasteiger partial charge in [-0.3, -0.25) is 4.79 Å². The van der Waals surface area contributed by atoms with Crippen LogP contribution in [0.4, 0.5) is 0 Å². The molecule has 1 radical (unpaired) electrons. The predicted molar refractivity (Wildman–Crippen MR) is 116 cm³/mol. The minimum Gasteiger partial charge on any atom is -0.508 e. The Morgan fingerprint density at radius 3 is 2.77 bits per heavy atom. The van der Waals surface area contributed by atoms with Gasteiger partial charge in [0, 0.05) is 16.5 Å². The van der Waals surface area contributed by atoms with Gasteiger partial charge < -0.3 is 19.1 Å². The number of cyclic esters (lactones) is 1. The van der Waals surface area contributed by atoms with E-state index in [9.17, 15) is 14.7 Å². The summed E-state index contributed by atoms with van der Waals surface area (Å²) in [6.45, 7) is 5.92. The van der Waals surface area contributed by atoms with Crippen molar-refractivity contribution in [2.24, 2.45) is 0 Å². The van der Waals surface area contributed by atoms with E-state index in [-0.39, 0.29) is 17.9 Å². The second kappa shape index (κ2) is 6.95. The van der Waals surface area contributed by atoms with Gasteiger partial charge in [-0.25, -0.2) is 9.78 Å². The van der Waals surface area contributed by atoms with Gasteiger partial charge >= 0.3 is 5.97 Å². The fraction of sp³-hybridized carbons (Fsp3) is 0.348. The maximum absolute atomic E-state index is 13.5. The molecule has 0 unspecified atom stereocenters. The van der Waals surface area contributed by atoms with Crippen LogP contribution in [-0.2, 0) is 39.4 Å². The molecule has 157 valence electrons. The van der Waals surface area contributed by atoms with E-state index in [4.69, 9.17) is 14.4 Å². The number of hydrogen-bond donors (Lipinski definition) is 1. The first-order valence-electron chi connectivity index (χ1n) is 10.5. The van der Waals surface area contributed by atoms with E-state index >= 15 is 0 Å². The third-order valence-electron chi connectivity index (χ3n) is 6.43. The molecule has 2 aliphatic rings. The van der Waals surface area contributed by atoms with Gasteiger partial charge in [0.15, 0.2) is 5.60 Å². The zero-order valence-corrected chi connectivity index (χ0v) is 17.7. The molecule has 2 aliphatic heterocycles. The number of hydrogen-bond acceptors (Lipinski definition) is 6. The number of aryl methyl sites for hydroxylation is 1. The van der Waals surface area contributed by atoms with Crippen molar-refractivity contribution in [3.63, 3.8) is 0 Å². The Morgan fingerprint density at radius 2 is 2.06 bits per heavy atom. The molecule has 2 aromatic heterocycles. The van der Waals surface area contributed by atoms with Crippen molar-refractivity contribution in [2.75, 3.05) is 0 Å². The summed E-state index contributed by atoms with van der Waals surface area (Å²) in [6, 6.07) is 6.98. The fourth-order valence-electron chi connectivity index (χ4n) is 4.94. The normalized spacial score (nSPS) is 19.0. The zero-order chi connectivity index (χ0) is 21.9. The van der Waals surface area contributed by atoms with Gasteiger partial charge in [0.25, 0.3) is 13.0 Å². The van der Waals surface area contributed by atoms with E-state index in [1.54, 1.807) is 29.6 Å². The first kappa shape index (κ1) is 19.8. The number of aromatic nitrogens is 2. The van der Waals surface area contributed by atoms with E-state index in [2.05, 4.69) is 6.92 Å². The lowest BCUT2D eigenvalue weighted by Crippen LogP contribution is -2.46. The SMILES string of the molecule is C[B]O[C@]1(CC)C(=O)OCc2c1cc1n(c2=O)Cc2c-1nc1ccc(O)cc1c2CC. The summed E-state index contributed by atoms with van der Waals surface area (Å²) in [4.78, 5) is 31.1. The Kier molecular flexibility index (Phi) is 4.44. The molecular formula is C23H22BN2O5. The molecule has 4 heterocycles. The molecule has 0 bridgehead atoms. The Balaban J connectivity index is 1.82. The van der Waals surface area contributed by atoms with Gasteiger partial charge in [-0.05, 0) is 42.7 Å². The molecule has 0 saturated carbocycles. The number of aromatic hydroxyl groups is 1. The van der Waals surface area contributed by atoms with E-state index in [1.807, 2.05) is 13.0 Å². The standard InChI is InChI=1S/C23H22BN2O5/c1-4-13-14-8-12(27)6-7-18(14)25-20-15(13)10-26-19(20)9-17-16(21(26)28)11-30-22(29)23(17,5-2)31-24-3/h6-9,27H,4-5,10-11H2,1-3H3/t23-/m0/s1. The molecule has 31 heavy (non-hydrogen) atoms. The monoisotopic (exact) mass is 417 g/mol. The number of carbonyl (C=O) groups is 1. The van der Waals surface area contributed by atoms with Crippen LogP contribution in [0.5, 0.6) is 5.75 Å². The number of phenolic OH excluding ortho intramolecular Hbond substituents is 1. The predicted octanol–water partition coefficient (Wildman–Crippen LogP) is 3.04. The molecular weight excluding hydrogens is 395 g/mol. The van der Waals surface area contributed by atoms with Gasteiger partial charge in [0.05, 0.1) is 29.0 Å². The first-order valence-corrected chi connectivity index (χ1v) is 10.5. The van der Waals surface area contributed by atoms with Crippen molar-refractivity contribution < 1.29 is 19.3 Å². The highest BCUT2D eigenvalue weighted by Crippen LogP contribution is 2.42. The Bertz CT molecular complexity index is 1320. The van der Waals surface area contributed by atoms with E-state index in [0.717, 1.165) is 34.1 Å². The Labute approximate surface area is 179 Å². The van der Waals surface area contributed by atoms with Crippen LogP contribution in [0.2, 0.25) is 6.82 Å². The summed E-state index contributed by atoms with van der Waals surface area (Å²) < 4.78 is 12.9. The lowest BCUT2D eigenvalue weighted by Gasteiger charge is -2.36. The average molecular weight is 417 g/mol. The molecule has 0 spiro atoms. The number of phenols is 1. The number of fused-ring (bicyclic) bond motifs is 5. The van der Waals surface area contributed by atoms with E-state index in [0.29, 0.717) is 29.8 Å². The smallest absolute Gasteiger partial charge is 0.341 e. The molecule has 1 aromatic carbocycles. The third-order valence-corrected chi connectivity index (χ3v) is 6.43. The van der Waals surface area contributed by atoms with Crippen LogP contribution in [0.3, 0.4) is 0 Å². The summed E-state index contributed by atoms with van der Waals surface area (Å²) >= 11 is 0. The summed E-state index contributed by atoms with van der Waals surface area (Å²) in [6.07, 6.45) is 1.07. The van der Waals surface area contributed by atoms with Crippen LogP contribution in [0.1, 0.15) is 42.5 Å². The summed E-state index contributed by atoms with van der Waals surface area (Å²) in [5.41, 5.74) is 3.67. The highest BCUT2D eigenvalue weighted by Gasteiger charge is 2.47. The highest BCUT2D eigenvalue weighted by molar-refractivity contribution is 6.25. The number of pyridine rings is 2. The van der Waals surface area contributed by atoms with Crippen LogP contribution in [-0.4, -0.2) is 28.1 Å². The van der Waals surface area contributed by atoms with Gasteiger partial charge in [0.2, 0.25) is 0 Å². The second-order valence-electron chi connectivity index (χ2n) is 7.90. The number of esters is 1. The van der Waals surface area contributed by atoms with Crippen molar-refractivity contribution in [3.05, 3.63) is 56.9 Å². The van der Waals surface area contributed by atoms with Crippen LogP contribution in [0.15, 0.2) is 29.1 Å². The van der Waals surface area contributed by atoms with Gasteiger partial charge in [0.1, 0.15) is 12.4 Å². The van der Waals surface area contributed by atoms with Crippen LogP contribution in [0, 0.1) is 0 Å². The van der Waals surface area contributed by atoms with E-state index in [1.165, 1.54) is 7.48 Å². The van der Waals surface area contributed by atoms with Gasteiger partial charge in [-0.2, -0.15) is 0 Å². The van der Waals surface area contributed by atoms with Gasteiger partial charge in [-0.15, -0.1) is 0 Å². The highest BCUT2D eigenvalue weighted by atomic mass is 16.6. The maximum Gasteiger partial charge on any atom is 0.341 e. The quantitative estimate of drug-likeness (QED) is 0.406. The summed E-state index contributed by atoms with van der Waals surface area (Å²) in [5.74, 6) is -0.303. The lowest BCUT2D eigenvalue weighted by molar-refractivity contribution is -0.168. The number of benzene rings is 1. The molecule has 7 nitrogen and oxygen atoms in total. The average Bonchev–Trinajstić information content (AvgIpc) is 3.13. The van der Waals surface area contributed by atoms with Crippen LogP contribution < -0.4 is 5.56 Å². The summed E-state index contributed by atoms with van der Waals surface area (Å²) in [7, 11) is 1.46. The molecule has 5 rings (SSSR count). The molecule has 0 saturated heterocycles. The topological polar surface area (TPSA) is 90.7 Å². The number of rotatable bonds is 4. The van der Waals surface area contributed by atoms with Crippen molar-refractivity contribution in [3.8, 4) is 17.1 Å². The van der Waals surface area contributed by atoms with E-state index < -0.39 is 11.6 Å². The molecule has 1 atom stereocenters. The maximum atomic E-state index is 13.5. The molecule has 1 N–H and O–H groups in total. The van der Waals surface area contributed by atoms with Crippen molar-refractivity contribution in [2.45, 2.75) is 52.3 Å². The van der Waals surface area contributed by atoms with Crippen molar-refractivity contribution >= 4 is 24.4 Å². The largest absolute Gasteiger partial charge is 0.508 e. The molecule has 0 fully saturated rings. The molecule has 8 heteroatoms. The molecule has 0 amide bonds. The fourth-order valence-corrected chi connectivity index (χ4v) is 4.94. The first-order chi connectivity index (χ1) is 14.9. The number of ether oxygens (including phenoxy) is 1. The zero-order valence-electron chi connectivity index (χ0n) is 17.7. The minimum absolute atomic E-state index is 0.0671. The third kappa shape index (κ3) is 2.61. The Morgan fingerprint density at radius 1 is 1.26 bits per heavy atom. The van der Waals surface area contributed by atoms with Crippen molar-refractivity contribution in [1.29, 1.82) is 0 Å². The van der Waals surface area contributed by atoms with Crippen LogP contribution in [0.25, 0.3) is 22.3 Å². The molecule has 0 aliphatic carbocycles. The summed E-state index contributed by atoms with van der Waals surface area (Å²) in [5, 5.41) is 10.9.